The molecule has 1 aromatic carbocycles. The van der Waals surface area contributed by atoms with Crippen LogP contribution in [0.15, 0.2) is 27.4 Å². The van der Waals surface area contributed by atoms with Crippen LogP contribution in [0.3, 0.4) is 0 Å². The SMILES string of the molecule is Nc1ccc2c(c1)oc(=O)n2CCO. The van der Waals surface area contributed by atoms with Crippen molar-refractivity contribution in [3.8, 4) is 0 Å². The lowest BCUT2D eigenvalue weighted by molar-refractivity contribution is 0.272. The molecule has 0 saturated heterocycles. The minimum atomic E-state index is -0.473. The highest BCUT2D eigenvalue weighted by Crippen LogP contribution is 2.15. The summed E-state index contributed by atoms with van der Waals surface area (Å²) >= 11 is 0. The summed E-state index contributed by atoms with van der Waals surface area (Å²) in [7, 11) is 0. The highest BCUT2D eigenvalue weighted by atomic mass is 16.4. The molecule has 0 fully saturated rings. The normalized spacial score (nSPS) is 10.9. The van der Waals surface area contributed by atoms with E-state index >= 15 is 0 Å². The Morgan fingerprint density at radius 1 is 1.50 bits per heavy atom. The molecule has 0 aliphatic carbocycles. The molecule has 0 atom stereocenters. The van der Waals surface area contributed by atoms with E-state index in [1.807, 2.05) is 0 Å². The molecule has 0 aliphatic rings. The summed E-state index contributed by atoms with van der Waals surface area (Å²) in [5.41, 5.74) is 7.18. The van der Waals surface area contributed by atoms with Gasteiger partial charge in [0.15, 0.2) is 5.58 Å². The number of anilines is 1. The van der Waals surface area contributed by atoms with Gasteiger partial charge in [-0.15, -0.1) is 0 Å². The summed E-state index contributed by atoms with van der Waals surface area (Å²) in [6, 6.07) is 4.97. The first kappa shape index (κ1) is 8.83. The first-order chi connectivity index (χ1) is 6.72. The second-order valence-corrected chi connectivity index (χ2v) is 2.97. The lowest BCUT2D eigenvalue weighted by atomic mass is 10.3. The van der Waals surface area contributed by atoms with Crippen molar-refractivity contribution in [2.75, 3.05) is 12.3 Å². The molecule has 5 heteroatoms. The second-order valence-electron chi connectivity index (χ2n) is 2.97. The molecule has 2 rings (SSSR count). The molecule has 0 radical (unpaired) electrons. The van der Waals surface area contributed by atoms with Crippen molar-refractivity contribution in [1.82, 2.24) is 4.57 Å². The fraction of sp³-hybridized carbons (Fsp3) is 0.222. The number of aliphatic hydroxyl groups is 1. The summed E-state index contributed by atoms with van der Waals surface area (Å²) in [6.45, 7) is 0.134. The van der Waals surface area contributed by atoms with Gasteiger partial charge in [0.2, 0.25) is 0 Å². The van der Waals surface area contributed by atoms with Crippen LogP contribution >= 0.6 is 0 Å². The van der Waals surface area contributed by atoms with Crippen LogP contribution in [0.2, 0.25) is 0 Å². The van der Waals surface area contributed by atoms with Crippen LogP contribution in [-0.2, 0) is 6.54 Å². The number of rotatable bonds is 2. The van der Waals surface area contributed by atoms with Crippen LogP contribution in [0.5, 0.6) is 0 Å². The molecule has 0 spiro atoms. The van der Waals surface area contributed by atoms with Gasteiger partial charge in [-0.2, -0.15) is 0 Å². The van der Waals surface area contributed by atoms with Gasteiger partial charge in [-0.3, -0.25) is 4.57 Å². The highest BCUT2D eigenvalue weighted by Gasteiger charge is 2.07. The van der Waals surface area contributed by atoms with Crippen LogP contribution in [-0.4, -0.2) is 16.3 Å². The number of oxazole rings is 1. The van der Waals surface area contributed by atoms with Crippen molar-refractivity contribution in [3.63, 3.8) is 0 Å². The van der Waals surface area contributed by atoms with Crippen molar-refractivity contribution in [2.24, 2.45) is 0 Å². The van der Waals surface area contributed by atoms with Gasteiger partial charge in [-0.25, -0.2) is 4.79 Å². The van der Waals surface area contributed by atoms with E-state index in [1.165, 1.54) is 4.57 Å². The molecule has 0 amide bonds. The Morgan fingerprint density at radius 3 is 3.00 bits per heavy atom. The summed E-state index contributed by atoms with van der Waals surface area (Å²) in [5, 5.41) is 8.75. The molecule has 0 aliphatic heterocycles. The maximum atomic E-state index is 11.3. The smallest absolute Gasteiger partial charge is 0.408 e. The second kappa shape index (κ2) is 3.19. The molecular formula is C9H10N2O3. The summed E-state index contributed by atoms with van der Waals surface area (Å²) in [5.74, 6) is -0.473. The fourth-order valence-electron chi connectivity index (χ4n) is 1.39. The lowest BCUT2D eigenvalue weighted by Crippen LogP contribution is -2.15. The van der Waals surface area contributed by atoms with E-state index in [4.69, 9.17) is 15.3 Å². The van der Waals surface area contributed by atoms with Crippen molar-refractivity contribution in [1.29, 1.82) is 0 Å². The van der Waals surface area contributed by atoms with E-state index in [0.717, 1.165) is 0 Å². The Balaban J connectivity index is 2.71. The van der Waals surface area contributed by atoms with Crippen LogP contribution in [0.4, 0.5) is 5.69 Å². The number of aliphatic hydroxyl groups excluding tert-OH is 1. The molecular weight excluding hydrogens is 184 g/mol. The van der Waals surface area contributed by atoms with Gasteiger partial charge in [-0.05, 0) is 12.1 Å². The van der Waals surface area contributed by atoms with Crippen LogP contribution in [0.25, 0.3) is 11.1 Å². The van der Waals surface area contributed by atoms with Crippen LogP contribution < -0.4 is 11.5 Å². The average Bonchev–Trinajstić information content (AvgIpc) is 2.43. The Hall–Kier alpha value is -1.75. The van der Waals surface area contributed by atoms with Gasteiger partial charge in [0.1, 0.15) is 0 Å². The molecule has 74 valence electrons. The molecule has 0 unspecified atom stereocenters. The minimum Gasteiger partial charge on any atom is -0.408 e. The number of nitrogens with two attached hydrogens (primary N) is 1. The van der Waals surface area contributed by atoms with Gasteiger partial charge in [0.25, 0.3) is 0 Å². The molecule has 5 nitrogen and oxygen atoms in total. The minimum absolute atomic E-state index is 0.0983. The van der Waals surface area contributed by atoms with E-state index in [9.17, 15) is 4.79 Å². The largest absolute Gasteiger partial charge is 0.420 e. The maximum absolute atomic E-state index is 11.3. The molecule has 0 bridgehead atoms. The summed E-state index contributed by atoms with van der Waals surface area (Å²) in [4.78, 5) is 11.3. The molecule has 0 saturated carbocycles. The summed E-state index contributed by atoms with van der Waals surface area (Å²) in [6.07, 6.45) is 0. The summed E-state index contributed by atoms with van der Waals surface area (Å²) < 4.78 is 6.32. The molecule has 1 aromatic heterocycles. The van der Waals surface area contributed by atoms with Crippen LogP contribution in [0.1, 0.15) is 0 Å². The predicted octanol–water partition coefficient (Wildman–Crippen LogP) is 0.169. The number of nitrogens with zero attached hydrogens (tertiary/aromatic N) is 1. The lowest BCUT2D eigenvalue weighted by Gasteiger charge is -1.97. The molecule has 14 heavy (non-hydrogen) atoms. The molecule has 3 N–H and O–H groups in total. The zero-order valence-corrected chi connectivity index (χ0v) is 7.43. The monoisotopic (exact) mass is 194 g/mol. The van der Waals surface area contributed by atoms with E-state index in [2.05, 4.69) is 0 Å². The van der Waals surface area contributed by atoms with E-state index in [-0.39, 0.29) is 13.2 Å². The Labute approximate surface area is 79.4 Å². The van der Waals surface area contributed by atoms with Gasteiger partial charge in [-0.1, -0.05) is 0 Å². The number of fused-ring (bicyclic) bond motifs is 1. The number of hydrogen-bond acceptors (Lipinski definition) is 4. The van der Waals surface area contributed by atoms with Crippen molar-refractivity contribution in [2.45, 2.75) is 6.54 Å². The zero-order valence-electron chi connectivity index (χ0n) is 7.43. The topological polar surface area (TPSA) is 81.4 Å². The van der Waals surface area contributed by atoms with Crippen molar-refractivity contribution in [3.05, 3.63) is 28.7 Å². The standard InChI is InChI=1S/C9H10N2O3/c10-6-1-2-7-8(5-6)14-9(13)11(7)3-4-12/h1-2,5,12H,3-4,10H2. The first-order valence-corrected chi connectivity index (χ1v) is 4.22. The van der Waals surface area contributed by atoms with Gasteiger partial charge in [0, 0.05) is 11.8 Å². The number of benzene rings is 1. The van der Waals surface area contributed by atoms with Crippen molar-refractivity contribution >= 4 is 16.8 Å². The van der Waals surface area contributed by atoms with Crippen molar-refractivity contribution < 1.29 is 9.52 Å². The molecule has 2 aromatic rings. The third-order valence-electron chi connectivity index (χ3n) is 2.02. The third-order valence-corrected chi connectivity index (χ3v) is 2.02. The van der Waals surface area contributed by atoms with E-state index in [1.54, 1.807) is 18.2 Å². The van der Waals surface area contributed by atoms with Gasteiger partial charge >= 0.3 is 5.76 Å². The average molecular weight is 194 g/mol. The number of aromatic nitrogens is 1. The fourth-order valence-corrected chi connectivity index (χ4v) is 1.39. The Morgan fingerprint density at radius 2 is 2.29 bits per heavy atom. The third kappa shape index (κ3) is 1.27. The number of nitrogen functional groups attached to an aromatic ring is 1. The quantitative estimate of drug-likeness (QED) is 0.667. The molecule has 1 heterocycles. The zero-order chi connectivity index (χ0) is 10.1. The van der Waals surface area contributed by atoms with Gasteiger partial charge in [0.05, 0.1) is 18.7 Å². The van der Waals surface area contributed by atoms with E-state index < -0.39 is 5.76 Å². The maximum Gasteiger partial charge on any atom is 0.420 e. The van der Waals surface area contributed by atoms with E-state index in [0.29, 0.717) is 16.8 Å². The predicted molar refractivity (Wildman–Crippen MR) is 52.0 cm³/mol. The Kier molecular flexibility index (Phi) is 2.01. The first-order valence-electron chi connectivity index (χ1n) is 4.22. The number of hydrogen-bond donors (Lipinski definition) is 2. The Bertz CT molecular complexity index is 512. The van der Waals surface area contributed by atoms with Gasteiger partial charge < -0.3 is 15.3 Å². The highest BCUT2D eigenvalue weighted by molar-refractivity contribution is 5.76. The van der Waals surface area contributed by atoms with Crippen LogP contribution in [0, 0.1) is 0 Å².